The summed E-state index contributed by atoms with van der Waals surface area (Å²) < 4.78 is 85.1. The topological polar surface area (TPSA) is 70.7 Å². The van der Waals surface area contributed by atoms with Crippen LogP contribution in [0.5, 0.6) is 0 Å². The number of nitrogens with zero attached hydrogens (tertiary/aromatic N) is 1. The van der Waals surface area contributed by atoms with Crippen LogP contribution in [0.1, 0.15) is 32.8 Å². The van der Waals surface area contributed by atoms with Crippen molar-refractivity contribution in [3.8, 4) is 0 Å². The average Bonchev–Trinajstić information content (AvgIpc) is 2.64. The molecule has 0 radical (unpaired) electrons. The first-order valence-corrected chi connectivity index (χ1v) is 10.7. The van der Waals surface area contributed by atoms with Gasteiger partial charge in [0.1, 0.15) is 17.1 Å². The fourth-order valence-electron chi connectivity index (χ4n) is 3.31. The van der Waals surface area contributed by atoms with Crippen LogP contribution in [-0.4, -0.2) is 53.9 Å². The van der Waals surface area contributed by atoms with Gasteiger partial charge in [0.05, 0.1) is 6.04 Å². The number of amides is 2. The number of carbonyl (C=O) groups is 2. The molecule has 1 heterocycles. The smallest absolute Gasteiger partial charge is 0.430 e. The van der Waals surface area contributed by atoms with Crippen LogP contribution in [0.15, 0.2) is 36.6 Å². The minimum absolute atomic E-state index is 0.0396. The van der Waals surface area contributed by atoms with Crippen molar-refractivity contribution in [2.24, 2.45) is 0 Å². The highest BCUT2D eigenvalue weighted by atomic mass is 19.4. The lowest BCUT2D eigenvalue weighted by molar-refractivity contribution is -0.137. The number of alkyl carbamates (subject to hydrolysis) is 1. The zero-order valence-electron chi connectivity index (χ0n) is 19.4. The fourth-order valence-corrected chi connectivity index (χ4v) is 3.31. The lowest BCUT2D eigenvalue weighted by Gasteiger charge is -2.41. The Morgan fingerprint density at radius 3 is 2.29 bits per heavy atom. The second-order valence-corrected chi connectivity index (χ2v) is 9.06. The number of ether oxygens (including phenoxy) is 1. The number of benzene rings is 1. The number of nitrogens with one attached hydrogen (secondary N) is 2. The van der Waals surface area contributed by atoms with E-state index in [2.05, 4.69) is 17.2 Å². The maximum Gasteiger partial charge on any atom is 0.430 e. The van der Waals surface area contributed by atoms with Crippen LogP contribution in [-0.2, 0) is 16.0 Å². The number of halogens is 6. The number of hydrogen-bond acceptors (Lipinski definition) is 4. The molecule has 0 bridgehead atoms. The van der Waals surface area contributed by atoms with E-state index in [4.69, 9.17) is 4.74 Å². The monoisotopic (exact) mass is 507 g/mol. The molecule has 35 heavy (non-hydrogen) atoms. The van der Waals surface area contributed by atoms with Gasteiger partial charge in [-0.05, 0) is 44.9 Å². The van der Waals surface area contributed by atoms with Gasteiger partial charge in [0.15, 0.2) is 11.6 Å². The second kappa shape index (κ2) is 11.0. The first-order chi connectivity index (χ1) is 16.1. The molecule has 1 aromatic rings. The molecule has 0 aliphatic carbocycles. The Morgan fingerprint density at radius 1 is 1.14 bits per heavy atom. The molecule has 1 atom stereocenters. The molecular formula is C23H27F6N3O3. The maximum atomic E-state index is 14.1. The molecule has 1 aliphatic heterocycles. The van der Waals surface area contributed by atoms with Gasteiger partial charge in [0, 0.05) is 31.6 Å². The molecule has 2 rings (SSSR count). The van der Waals surface area contributed by atoms with Crippen LogP contribution in [0, 0.1) is 17.5 Å². The van der Waals surface area contributed by atoms with Crippen LogP contribution in [0.3, 0.4) is 0 Å². The van der Waals surface area contributed by atoms with Crippen molar-refractivity contribution in [2.45, 2.75) is 57.5 Å². The van der Waals surface area contributed by atoms with Gasteiger partial charge in [-0.25, -0.2) is 18.0 Å². The molecule has 0 saturated carbocycles. The third kappa shape index (κ3) is 8.52. The van der Waals surface area contributed by atoms with E-state index in [0.29, 0.717) is 12.1 Å². The largest absolute Gasteiger partial charge is 0.444 e. The summed E-state index contributed by atoms with van der Waals surface area (Å²) >= 11 is 0. The minimum atomic E-state index is -4.62. The van der Waals surface area contributed by atoms with Gasteiger partial charge in [-0.2, -0.15) is 13.2 Å². The Bertz CT molecular complexity index is 982. The molecule has 12 heteroatoms. The summed E-state index contributed by atoms with van der Waals surface area (Å²) in [5.74, 6) is -4.28. The van der Waals surface area contributed by atoms with E-state index < -0.39 is 59.0 Å². The summed E-state index contributed by atoms with van der Waals surface area (Å²) in [5, 5.41) is 4.73. The SMILES string of the molecule is C=C/C=C(\NC1CN(C(=O)C[C@@H](Cc2cc(F)c(F)cc2F)NC(=O)OC(C)(C)C)C1)C(F)(F)F. The van der Waals surface area contributed by atoms with Gasteiger partial charge >= 0.3 is 12.3 Å². The van der Waals surface area contributed by atoms with Crippen LogP contribution >= 0.6 is 0 Å². The van der Waals surface area contributed by atoms with Crippen LogP contribution in [0.4, 0.5) is 31.1 Å². The van der Waals surface area contributed by atoms with Crippen molar-refractivity contribution < 1.29 is 40.7 Å². The van der Waals surface area contributed by atoms with Crippen LogP contribution in [0.2, 0.25) is 0 Å². The van der Waals surface area contributed by atoms with Crippen molar-refractivity contribution in [2.75, 3.05) is 13.1 Å². The highest BCUT2D eigenvalue weighted by molar-refractivity contribution is 5.79. The van der Waals surface area contributed by atoms with E-state index in [1.54, 1.807) is 20.8 Å². The van der Waals surface area contributed by atoms with Gasteiger partial charge in [0.25, 0.3) is 0 Å². The van der Waals surface area contributed by atoms with Gasteiger partial charge < -0.3 is 20.3 Å². The summed E-state index contributed by atoms with van der Waals surface area (Å²) in [7, 11) is 0. The molecule has 194 valence electrons. The quantitative estimate of drug-likeness (QED) is 0.312. The van der Waals surface area contributed by atoms with Gasteiger partial charge in [-0.3, -0.25) is 4.79 Å². The van der Waals surface area contributed by atoms with Crippen molar-refractivity contribution in [3.63, 3.8) is 0 Å². The molecule has 2 N–H and O–H groups in total. The molecule has 1 saturated heterocycles. The number of hydrogen-bond donors (Lipinski definition) is 2. The van der Waals surface area contributed by atoms with E-state index in [-0.39, 0.29) is 31.5 Å². The predicted octanol–water partition coefficient (Wildman–Crippen LogP) is 4.36. The predicted molar refractivity (Wildman–Crippen MR) is 116 cm³/mol. The molecule has 1 aliphatic rings. The van der Waals surface area contributed by atoms with Crippen molar-refractivity contribution in [1.82, 2.24) is 15.5 Å². The van der Waals surface area contributed by atoms with Gasteiger partial charge in [-0.15, -0.1) is 0 Å². The Balaban J connectivity index is 2.07. The standard InChI is InChI=1S/C23H27F6N3O3/c1-5-6-19(23(27,28)29)30-15-11-32(12-15)20(33)9-14(31-21(34)35-22(2,3)4)7-13-8-17(25)18(26)10-16(13)24/h5-6,8,10,14-15,30H,1,7,9,11-12H2,2-4H3,(H,31,34)/b19-6-/t14-/m1/s1. The summed E-state index contributed by atoms with van der Waals surface area (Å²) in [4.78, 5) is 26.1. The van der Waals surface area contributed by atoms with E-state index >= 15 is 0 Å². The van der Waals surface area contributed by atoms with Gasteiger partial charge in [-0.1, -0.05) is 12.7 Å². The first kappa shape index (κ1) is 28.1. The maximum absolute atomic E-state index is 14.1. The highest BCUT2D eigenvalue weighted by Crippen LogP contribution is 2.25. The molecule has 2 amide bonds. The van der Waals surface area contributed by atoms with E-state index in [0.717, 1.165) is 12.2 Å². The lowest BCUT2D eigenvalue weighted by atomic mass is 10.00. The Labute approximate surface area is 199 Å². The average molecular weight is 507 g/mol. The molecule has 0 unspecified atom stereocenters. The van der Waals surface area contributed by atoms with E-state index in [1.807, 2.05) is 0 Å². The molecule has 1 fully saturated rings. The molecule has 1 aromatic carbocycles. The Hall–Kier alpha value is -3.18. The highest BCUT2D eigenvalue weighted by Gasteiger charge is 2.39. The number of carbonyl (C=O) groups excluding carboxylic acids is 2. The number of rotatable bonds is 8. The third-order valence-corrected chi connectivity index (χ3v) is 4.88. The molecular weight excluding hydrogens is 480 g/mol. The van der Waals surface area contributed by atoms with E-state index in [1.165, 1.54) is 4.90 Å². The minimum Gasteiger partial charge on any atom is -0.444 e. The first-order valence-electron chi connectivity index (χ1n) is 10.7. The summed E-state index contributed by atoms with van der Waals surface area (Å²) in [5.41, 5.74) is -2.15. The van der Waals surface area contributed by atoms with Crippen LogP contribution < -0.4 is 10.6 Å². The Morgan fingerprint density at radius 2 is 1.74 bits per heavy atom. The van der Waals surface area contributed by atoms with Crippen molar-refractivity contribution >= 4 is 12.0 Å². The molecule has 6 nitrogen and oxygen atoms in total. The summed E-state index contributed by atoms with van der Waals surface area (Å²) in [6, 6.07) is -0.729. The zero-order chi connectivity index (χ0) is 26.6. The lowest BCUT2D eigenvalue weighted by Crippen LogP contribution is -2.61. The number of alkyl halides is 3. The normalized spacial score (nSPS) is 15.8. The van der Waals surface area contributed by atoms with Gasteiger partial charge in [0.2, 0.25) is 5.91 Å². The van der Waals surface area contributed by atoms with Crippen molar-refractivity contribution in [3.05, 3.63) is 59.6 Å². The number of likely N-dealkylation sites (tertiary alicyclic amines) is 1. The van der Waals surface area contributed by atoms with Crippen LogP contribution in [0.25, 0.3) is 0 Å². The zero-order valence-corrected chi connectivity index (χ0v) is 19.4. The fraction of sp³-hybridized carbons (Fsp3) is 0.478. The number of allylic oxidation sites excluding steroid dienone is 3. The van der Waals surface area contributed by atoms with Crippen molar-refractivity contribution in [1.29, 1.82) is 0 Å². The van der Waals surface area contributed by atoms with E-state index in [9.17, 15) is 35.9 Å². The third-order valence-electron chi connectivity index (χ3n) is 4.88. The molecule has 0 spiro atoms. The second-order valence-electron chi connectivity index (χ2n) is 9.06. The summed E-state index contributed by atoms with van der Waals surface area (Å²) in [6.45, 7) is 7.97. The summed E-state index contributed by atoms with van der Waals surface area (Å²) in [6.07, 6.45) is -4.49. The Kier molecular flexibility index (Phi) is 8.85. The molecule has 0 aromatic heterocycles.